The molecule has 6 heteroatoms. The molecule has 7 rings (SSSR count). The summed E-state index contributed by atoms with van der Waals surface area (Å²) in [6.07, 6.45) is 5.03. The maximum Gasteiger partial charge on any atom is 0.306 e. The van der Waals surface area contributed by atoms with Crippen LogP contribution in [0.25, 0.3) is 0 Å². The first kappa shape index (κ1) is 22.3. The zero-order valence-electron chi connectivity index (χ0n) is 20.8. The normalized spacial score (nSPS) is 32.1. The zero-order chi connectivity index (χ0) is 24.7. The van der Waals surface area contributed by atoms with Gasteiger partial charge in [0.25, 0.3) is 0 Å². The fourth-order valence-corrected chi connectivity index (χ4v) is 7.82. The highest BCUT2D eigenvalue weighted by Gasteiger charge is 2.75. The first-order valence-electron chi connectivity index (χ1n) is 13.5. The number of hydrogen-bond acceptors (Lipinski definition) is 6. The summed E-state index contributed by atoms with van der Waals surface area (Å²) >= 11 is 0. The number of Topliss-reactive ketones (excluding diaryl/α,β-unsaturated/α-hetero) is 1. The molecule has 1 spiro atoms. The molecule has 2 bridgehead atoms. The molecule has 0 amide bonds. The van der Waals surface area contributed by atoms with Crippen molar-refractivity contribution in [2.75, 3.05) is 13.1 Å². The number of likely N-dealkylation sites (tertiary alicyclic amines) is 1. The van der Waals surface area contributed by atoms with Gasteiger partial charge in [-0.1, -0.05) is 30.3 Å². The molecular weight excluding hydrogens is 454 g/mol. The van der Waals surface area contributed by atoms with Crippen molar-refractivity contribution in [3.63, 3.8) is 0 Å². The van der Waals surface area contributed by atoms with Gasteiger partial charge >= 0.3 is 5.97 Å². The van der Waals surface area contributed by atoms with Crippen LogP contribution in [0.4, 0.5) is 0 Å². The molecule has 0 aromatic heterocycles. The minimum atomic E-state index is -0.826. The van der Waals surface area contributed by atoms with E-state index in [4.69, 9.17) is 9.47 Å². The highest BCUT2D eigenvalue weighted by molar-refractivity contribution is 5.90. The van der Waals surface area contributed by atoms with E-state index in [9.17, 15) is 14.7 Å². The molecular formula is C30H33NO5. The number of rotatable bonds is 6. The maximum absolute atomic E-state index is 13.6. The number of carbonyl (C=O) groups is 2. The predicted octanol–water partition coefficient (Wildman–Crippen LogP) is 4.02. The molecule has 2 aromatic carbocycles. The molecule has 188 valence electrons. The lowest BCUT2D eigenvalue weighted by Gasteiger charge is -2.63. The molecule has 4 atom stereocenters. The van der Waals surface area contributed by atoms with Crippen LogP contribution in [0.1, 0.15) is 60.8 Å². The lowest BCUT2D eigenvalue weighted by Crippen LogP contribution is -2.77. The molecule has 2 aromatic rings. The SMILES string of the molecule is Cc1ccccc1CCC(=O)O[C@@]12CCC(=O)[C@@H]3Oc4c(O)ccc5c4[C@@]31CCN(CC1CC1)C2C5. The summed E-state index contributed by atoms with van der Waals surface area (Å²) in [7, 11) is 0. The van der Waals surface area contributed by atoms with Crippen LogP contribution in [0, 0.1) is 12.8 Å². The Hall–Kier alpha value is -2.86. The number of ketones is 1. The van der Waals surface area contributed by atoms with Gasteiger partial charge in [-0.05, 0) is 80.7 Å². The average Bonchev–Trinajstić information content (AvgIpc) is 3.60. The largest absolute Gasteiger partial charge is 0.504 e. The number of esters is 1. The summed E-state index contributed by atoms with van der Waals surface area (Å²) < 4.78 is 13.0. The number of carbonyl (C=O) groups excluding carboxylic acids is 2. The van der Waals surface area contributed by atoms with Gasteiger partial charge < -0.3 is 14.6 Å². The van der Waals surface area contributed by atoms with Gasteiger partial charge in [-0.2, -0.15) is 0 Å². The van der Waals surface area contributed by atoms with Crippen molar-refractivity contribution in [3.05, 3.63) is 58.7 Å². The van der Waals surface area contributed by atoms with Crippen molar-refractivity contribution < 1.29 is 24.2 Å². The Bertz CT molecular complexity index is 1270. The summed E-state index contributed by atoms with van der Waals surface area (Å²) in [5, 5.41) is 10.7. The Labute approximate surface area is 211 Å². The molecule has 1 saturated heterocycles. The van der Waals surface area contributed by atoms with Crippen LogP contribution in [0.5, 0.6) is 11.5 Å². The van der Waals surface area contributed by atoms with Crippen LogP contribution in [0.15, 0.2) is 36.4 Å². The third-order valence-electron chi connectivity index (χ3n) is 9.67. The molecule has 2 aliphatic heterocycles. The molecule has 2 heterocycles. The van der Waals surface area contributed by atoms with E-state index in [0.717, 1.165) is 36.2 Å². The maximum atomic E-state index is 13.6. The van der Waals surface area contributed by atoms with Crippen molar-refractivity contribution >= 4 is 11.8 Å². The fraction of sp³-hybridized carbons (Fsp3) is 0.533. The number of piperidine rings is 1. The number of phenolic OH excluding ortho intramolecular Hbond substituents is 1. The first-order chi connectivity index (χ1) is 17.4. The molecule has 36 heavy (non-hydrogen) atoms. The summed E-state index contributed by atoms with van der Waals surface area (Å²) in [4.78, 5) is 29.4. The monoisotopic (exact) mass is 487 g/mol. The summed E-state index contributed by atoms with van der Waals surface area (Å²) in [6.45, 7) is 3.94. The quantitative estimate of drug-likeness (QED) is 0.621. The lowest BCUT2D eigenvalue weighted by atomic mass is 9.48. The Balaban J connectivity index is 1.30. The number of aryl methyl sites for hydroxylation is 2. The Kier molecular flexibility index (Phi) is 4.85. The number of aromatic hydroxyl groups is 1. The molecule has 1 unspecified atom stereocenters. The van der Waals surface area contributed by atoms with Crippen LogP contribution in [-0.2, 0) is 32.6 Å². The Morgan fingerprint density at radius 3 is 2.83 bits per heavy atom. The van der Waals surface area contributed by atoms with Gasteiger partial charge in [-0.25, -0.2) is 0 Å². The lowest BCUT2D eigenvalue weighted by molar-refractivity contribution is -0.216. The van der Waals surface area contributed by atoms with Crippen molar-refractivity contribution in [1.82, 2.24) is 4.90 Å². The van der Waals surface area contributed by atoms with Crippen LogP contribution in [-0.4, -0.2) is 52.6 Å². The van der Waals surface area contributed by atoms with E-state index in [0.29, 0.717) is 43.8 Å². The van der Waals surface area contributed by atoms with E-state index in [1.807, 2.05) is 18.2 Å². The van der Waals surface area contributed by atoms with Crippen molar-refractivity contribution in [1.29, 1.82) is 0 Å². The number of nitrogens with zero attached hydrogens (tertiary/aromatic N) is 1. The van der Waals surface area contributed by atoms with E-state index < -0.39 is 17.1 Å². The predicted molar refractivity (Wildman–Crippen MR) is 133 cm³/mol. The van der Waals surface area contributed by atoms with E-state index in [2.05, 4.69) is 24.0 Å². The topological polar surface area (TPSA) is 76.1 Å². The first-order valence-corrected chi connectivity index (χ1v) is 13.5. The van der Waals surface area contributed by atoms with Crippen LogP contribution in [0.3, 0.4) is 0 Å². The standard InChI is InChI=1S/C30H33NO5/c1-18-4-2-3-5-20(18)9-11-25(34)36-30-13-12-23(33)28-29(30)14-15-31(17-19-6-7-19)24(30)16-21-8-10-22(32)27(35-28)26(21)29/h2-5,8,10,19,24,28,32H,6-7,9,11-17H2,1H3/t24?,28-,29-,30+/m0/s1. The molecule has 3 aliphatic carbocycles. The smallest absolute Gasteiger partial charge is 0.306 e. The van der Waals surface area contributed by atoms with E-state index in [-0.39, 0.29) is 23.5 Å². The highest BCUT2D eigenvalue weighted by atomic mass is 16.6. The van der Waals surface area contributed by atoms with Gasteiger partial charge in [-0.3, -0.25) is 14.5 Å². The van der Waals surface area contributed by atoms with Crippen molar-refractivity contribution in [2.24, 2.45) is 5.92 Å². The van der Waals surface area contributed by atoms with Gasteiger partial charge in [0.05, 0.1) is 11.5 Å². The van der Waals surface area contributed by atoms with E-state index in [1.54, 1.807) is 6.07 Å². The Morgan fingerprint density at radius 2 is 2.03 bits per heavy atom. The number of ether oxygens (including phenoxy) is 2. The molecule has 6 nitrogen and oxygen atoms in total. The van der Waals surface area contributed by atoms with E-state index >= 15 is 0 Å². The summed E-state index contributed by atoms with van der Waals surface area (Å²) in [5.74, 6) is 1.07. The average molecular weight is 488 g/mol. The van der Waals surface area contributed by atoms with Gasteiger partial charge in [0.2, 0.25) is 0 Å². The molecule has 0 radical (unpaired) electrons. The molecule has 2 saturated carbocycles. The minimum absolute atomic E-state index is 0.0106. The van der Waals surface area contributed by atoms with Gasteiger partial charge in [0.15, 0.2) is 23.4 Å². The van der Waals surface area contributed by atoms with Gasteiger partial charge in [-0.15, -0.1) is 0 Å². The van der Waals surface area contributed by atoms with Crippen LogP contribution < -0.4 is 4.74 Å². The van der Waals surface area contributed by atoms with Gasteiger partial charge in [0.1, 0.15) is 5.60 Å². The van der Waals surface area contributed by atoms with Crippen LogP contribution in [0.2, 0.25) is 0 Å². The van der Waals surface area contributed by atoms with E-state index in [1.165, 1.54) is 18.4 Å². The second-order valence-corrected chi connectivity index (χ2v) is 11.6. The van der Waals surface area contributed by atoms with Gasteiger partial charge in [0, 0.05) is 24.9 Å². The number of hydrogen-bond donors (Lipinski definition) is 1. The second kappa shape index (κ2) is 7.82. The molecule has 3 fully saturated rings. The number of phenols is 1. The third kappa shape index (κ3) is 3.00. The molecule has 5 aliphatic rings. The van der Waals surface area contributed by atoms with Crippen LogP contribution >= 0.6 is 0 Å². The summed E-state index contributed by atoms with van der Waals surface area (Å²) in [6, 6.07) is 11.8. The zero-order valence-corrected chi connectivity index (χ0v) is 20.8. The van der Waals surface area contributed by atoms with Crippen molar-refractivity contribution in [2.45, 2.75) is 81.5 Å². The fourth-order valence-electron chi connectivity index (χ4n) is 7.82. The second-order valence-electron chi connectivity index (χ2n) is 11.6. The highest BCUT2D eigenvalue weighted by Crippen LogP contribution is 2.66. The molecule has 1 N–H and O–H groups in total. The third-order valence-corrected chi connectivity index (χ3v) is 9.67. The number of benzene rings is 2. The summed E-state index contributed by atoms with van der Waals surface area (Å²) in [5.41, 5.74) is 2.82. The Morgan fingerprint density at radius 1 is 1.19 bits per heavy atom. The van der Waals surface area contributed by atoms with Crippen molar-refractivity contribution in [3.8, 4) is 11.5 Å². The minimum Gasteiger partial charge on any atom is -0.504 e.